The van der Waals surface area contributed by atoms with Crippen LogP contribution in [0.2, 0.25) is 0 Å². The number of carbonyl (C=O) groups is 3. The van der Waals surface area contributed by atoms with Crippen LogP contribution in [0.3, 0.4) is 0 Å². The van der Waals surface area contributed by atoms with Gasteiger partial charge in [-0.3, -0.25) is 14.4 Å². The van der Waals surface area contributed by atoms with Crippen LogP contribution in [-0.2, 0) is 22.2 Å². The van der Waals surface area contributed by atoms with Gasteiger partial charge in [-0.25, -0.2) is 0 Å². The molecule has 4 rings (SSSR count). The molecule has 0 spiro atoms. The van der Waals surface area contributed by atoms with Gasteiger partial charge in [0.2, 0.25) is 5.91 Å². The zero-order chi connectivity index (χ0) is 26.6. The second-order valence-corrected chi connectivity index (χ2v) is 10.4. The van der Waals surface area contributed by atoms with Gasteiger partial charge in [0.1, 0.15) is 5.75 Å². The SMILES string of the molecule is O=C(NCCNC(=O)C1Cc2ccc(C(F)(F)F)cc2S1)c1ccc(O[C@H]2CC[C@@H](C(=O)O)CC2)cc1. The number of amides is 2. The standard InChI is InChI=1S/C26H27F3N2O5S/c27-26(28,29)18-6-1-17-13-22(37-21(17)14-18)24(33)31-12-11-30-23(32)15-2-7-19(8-3-15)36-20-9-4-16(5-10-20)25(34)35/h1-3,6-8,14,16,20,22H,4-5,9-13H2,(H,30,32)(H,31,33)(H,34,35)/t16-,20+,22?. The number of ether oxygens (including phenoxy) is 1. The van der Waals surface area contributed by atoms with Crippen LogP contribution in [0.5, 0.6) is 5.75 Å². The Labute approximate surface area is 216 Å². The van der Waals surface area contributed by atoms with Gasteiger partial charge in [-0.05, 0) is 74.1 Å². The number of nitrogens with one attached hydrogen (secondary N) is 2. The number of hydrogen-bond acceptors (Lipinski definition) is 5. The summed E-state index contributed by atoms with van der Waals surface area (Å²) >= 11 is 1.11. The molecule has 198 valence electrons. The van der Waals surface area contributed by atoms with Gasteiger partial charge in [-0.15, -0.1) is 11.8 Å². The van der Waals surface area contributed by atoms with Crippen molar-refractivity contribution in [3.8, 4) is 5.75 Å². The molecular weight excluding hydrogens is 509 g/mol. The third kappa shape index (κ3) is 6.97. The number of hydrogen-bond donors (Lipinski definition) is 3. The molecular formula is C26H27F3N2O5S. The summed E-state index contributed by atoms with van der Waals surface area (Å²) in [6.45, 7) is 0.379. The number of aliphatic carboxylic acids is 1. The number of thioether (sulfide) groups is 1. The van der Waals surface area contributed by atoms with E-state index in [1.165, 1.54) is 6.07 Å². The Kier molecular flexibility index (Phi) is 8.31. The lowest BCUT2D eigenvalue weighted by Crippen LogP contribution is -2.38. The van der Waals surface area contributed by atoms with E-state index in [2.05, 4.69) is 10.6 Å². The summed E-state index contributed by atoms with van der Waals surface area (Å²) in [5.74, 6) is -1.07. The zero-order valence-corrected chi connectivity index (χ0v) is 20.7. The van der Waals surface area contributed by atoms with E-state index in [4.69, 9.17) is 9.84 Å². The third-order valence-electron chi connectivity index (χ3n) is 6.51. The minimum absolute atomic E-state index is 0.0450. The van der Waals surface area contributed by atoms with E-state index in [1.54, 1.807) is 24.3 Å². The molecule has 1 unspecified atom stereocenters. The first-order chi connectivity index (χ1) is 17.6. The van der Waals surface area contributed by atoms with Crippen molar-refractivity contribution >= 4 is 29.5 Å². The van der Waals surface area contributed by atoms with Crippen molar-refractivity contribution in [3.63, 3.8) is 0 Å². The molecule has 11 heteroatoms. The number of fused-ring (bicyclic) bond motifs is 1. The van der Waals surface area contributed by atoms with Crippen molar-refractivity contribution in [1.82, 2.24) is 10.6 Å². The lowest BCUT2D eigenvalue weighted by Gasteiger charge is -2.26. The first-order valence-corrected chi connectivity index (χ1v) is 12.9. The molecule has 1 heterocycles. The van der Waals surface area contributed by atoms with Crippen LogP contribution < -0.4 is 15.4 Å². The second-order valence-electron chi connectivity index (χ2n) is 9.13. The molecule has 0 saturated heterocycles. The van der Waals surface area contributed by atoms with Crippen molar-refractivity contribution in [2.45, 2.75) is 54.5 Å². The van der Waals surface area contributed by atoms with E-state index in [1.807, 2.05) is 0 Å². The molecule has 1 saturated carbocycles. The van der Waals surface area contributed by atoms with Crippen LogP contribution >= 0.6 is 11.8 Å². The van der Waals surface area contributed by atoms with Gasteiger partial charge in [-0.2, -0.15) is 13.2 Å². The minimum atomic E-state index is -4.43. The molecule has 7 nitrogen and oxygen atoms in total. The predicted molar refractivity (Wildman–Crippen MR) is 131 cm³/mol. The van der Waals surface area contributed by atoms with Gasteiger partial charge in [0.25, 0.3) is 5.91 Å². The first-order valence-electron chi connectivity index (χ1n) is 12.0. The van der Waals surface area contributed by atoms with E-state index in [-0.39, 0.29) is 36.9 Å². The van der Waals surface area contributed by atoms with Gasteiger partial charge in [0.05, 0.1) is 22.8 Å². The summed E-state index contributed by atoms with van der Waals surface area (Å²) in [4.78, 5) is 36.4. The van der Waals surface area contributed by atoms with Crippen LogP contribution in [0.25, 0.3) is 0 Å². The normalized spacial score (nSPS) is 21.1. The van der Waals surface area contributed by atoms with Crippen molar-refractivity contribution in [2.24, 2.45) is 5.92 Å². The largest absolute Gasteiger partial charge is 0.490 e. The Bertz CT molecular complexity index is 1150. The molecule has 1 aliphatic heterocycles. The summed E-state index contributed by atoms with van der Waals surface area (Å²) in [6, 6.07) is 10.2. The quantitative estimate of drug-likeness (QED) is 0.435. The lowest BCUT2D eigenvalue weighted by atomic mass is 9.87. The molecule has 1 atom stereocenters. The fraction of sp³-hybridized carbons (Fsp3) is 0.423. The van der Waals surface area contributed by atoms with Crippen molar-refractivity contribution < 1.29 is 37.4 Å². The van der Waals surface area contributed by atoms with E-state index < -0.39 is 23.0 Å². The van der Waals surface area contributed by atoms with Gasteiger partial charge in [0.15, 0.2) is 0 Å². The Hall–Kier alpha value is -3.21. The molecule has 2 aliphatic rings. The number of carbonyl (C=O) groups excluding carboxylic acids is 2. The summed E-state index contributed by atoms with van der Waals surface area (Å²) < 4.78 is 44.6. The number of rotatable bonds is 8. The molecule has 0 radical (unpaired) electrons. The van der Waals surface area contributed by atoms with E-state index in [0.717, 1.165) is 23.9 Å². The molecule has 2 aromatic rings. The molecule has 0 aromatic heterocycles. The number of carboxylic acids is 1. The maximum Gasteiger partial charge on any atom is 0.416 e. The van der Waals surface area contributed by atoms with Crippen LogP contribution in [0.15, 0.2) is 47.4 Å². The number of halogens is 3. The number of carboxylic acid groups (broad SMARTS) is 1. The minimum Gasteiger partial charge on any atom is -0.490 e. The summed E-state index contributed by atoms with van der Waals surface area (Å²) in [6.07, 6.45) is -1.60. The Morgan fingerprint density at radius 1 is 0.973 bits per heavy atom. The van der Waals surface area contributed by atoms with Gasteiger partial charge in [-0.1, -0.05) is 6.07 Å². The summed E-state index contributed by atoms with van der Waals surface area (Å²) in [5.41, 5.74) is 0.410. The fourth-order valence-corrected chi connectivity index (χ4v) is 5.69. The molecule has 3 N–H and O–H groups in total. The highest BCUT2D eigenvalue weighted by molar-refractivity contribution is 8.01. The molecule has 1 fully saturated rings. The molecule has 37 heavy (non-hydrogen) atoms. The smallest absolute Gasteiger partial charge is 0.416 e. The summed E-state index contributed by atoms with van der Waals surface area (Å²) in [7, 11) is 0. The van der Waals surface area contributed by atoms with Crippen LogP contribution in [0, 0.1) is 5.92 Å². The van der Waals surface area contributed by atoms with Crippen LogP contribution in [-0.4, -0.2) is 47.3 Å². The maximum absolute atomic E-state index is 12.9. The first kappa shape index (κ1) is 26.8. The van der Waals surface area contributed by atoms with E-state index >= 15 is 0 Å². The monoisotopic (exact) mass is 536 g/mol. The third-order valence-corrected chi connectivity index (χ3v) is 7.81. The predicted octanol–water partition coefficient (Wildman–Crippen LogP) is 4.29. The molecule has 2 amide bonds. The van der Waals surface area contributed by atoms with Crippen LogP contribution in [0.4, 0.5) is 13.2 Å². The average molecular weight is 537 g/mol. The van der Waals surface area contributed by atoms with Crippen molar-refractivity contribution in [3.05, 3.63) is 59.2 Å². The van der Waals surface area contributed by atoms with Gasteiger partial charge in [0, 0.05) is 23.5 Å². The van der Waals surface area contributed by atoms with E-state index in [9.17, 15) is 27.6 Å². The zero-order valence-electron chi connectivity index (χ0n) is 19.8. The Morgan fingerprint density at radius 3 is 2.30 bits per heavy atom. The van der Waals surface area contributed by atoms with Crippen molar-refractivity contribution in [2.75, 3.05) is 13.1 Å². The van der Waals surface area contributed by atoms with E-state index in [0.29, 0.717) is 53.9 Å². The van der Waals surface area contributed by atoms with Gasteiger partial charge < -0.3 is 20.5 Å². The molecule has 1 aliphatic carbocycles. The lowest BCUT2D eigenvalue weighted by molar-refractivity contribution is -0.143. The Morgan fingerprint density at radius 2 is 1.65 bits per heavy atom. The highest BCUT2D eigenvalue weighted by atomic mass is 32.2. The second kappa shape index (κ2) is 11.5. The van der Waals surface area contributed by atoms with Crippen LogP contribution in [0.1, 0.15) is 47.2 Å². The highest BCUT2D eigenvalue weighted by Gasteiger charge is 2.34. The molecule has 0 bridgehead atoms. The molecule has 2 aromatic carbocycles. The topological polar surface area (TPSA) is 105 Å². The van der Waals surface area contributed by atoms with Crippen molar-refractivity contribution in [1.29, 1.82) is 0 Å². The average Bonchev–Trinajstić information content (AvgIpc) is 3.30. The number of benzene rings is 2. The maximum atomic E-state index is 12.9. The number of alkyl halides is 3. The summed E-state index contributed by atoms with van der Waals surface area (Å²) in [5, 5.41) is 14.0. The highest BCUT2D eigenvalue weighted by Crippen LogP contribution is 2.40. The Balaban J connectivity index is 1.16. The van der Waals surface area contributed by atoms with Gasteiger partial charge >= 0.3 is 12.1 Å². The fourth-order valence-electron chi connectivity index (χ4n) is 4.43.